The van der Waals surface area contributed by atoms with Gasteiger partial charge in [-0.25, -0.2) is 9.67 Å². The van der Waals surface area contributed by atoms with Crippen LogP contribution < -0.4 is 15.4 Å². The molecule has 7 heteroatoms. The maximum atomic E-state index is 12.1. The predicted octanol–water partition coefficient (Wildman–Crippen LogP) is 2.30. The maximum absolute atomic E-state index is 12.1. The number of aromatic nitrogens is 2. The molecule has 1 aromatic heterocycles. The number of thiocarbonyl (C=S) groups is 1. The van der Waals surface area contributed by atoms with Gasteiger partial charge in [-0.1, -0.05) is 12.2 Å². The van der Waals surface area contributed by atoms with Gasteiger partial charge in [-0.05, 0) is 67.7 Å². The van der Waals surface area contributed by atoms with Crippen molar-refractivity contribution in [3.8, 4) is 0 Å². The zero-order chi connectivity index (χ0) is 16.7. The van der Waals surface area contributed by atoms with Crippen molar-refractivity contribution in [3.63, 3.8) is 0 Å². The molecule has 23 heavy (non-hydrogen) atoms. The van der Waals surface area contributed by atoms with Gasteiger partial charge in [-0.15, -0.1) is 0 Å². The molecule has 3 rings (SSSR count). The molecule has 2 aromatic rings. The molecule has 1 aliphatic heterocycles. The zero-order valence-electron chi connectivity index (χ0n) is 13.5. The van der Waals surface area contributed by atoms with E-state index in [1.165, 1.54) is 11.3 Å². The van der Waals surface area contributed by atoms with Crippen LogP contribution in [0.4, 0.5) is 5.69 Å². The normalized spacial score (nSPS) is 14.8. The Kier molecular flexibility index (Phi) is 4.25. The first kappa shape index (κ1) is 16.1. The van der Waals surface area contributed by atoms with Crippen LogP contribution in [-0.2, 0) is 13.1 Å². The average Bonchev–Trinajstić information content (AvgIpc) is 2.84. The highest BCUT2D eigenvalue weighted by molar-refractivity contribution is 7.80. The van der Waals surface area contributed by atoms with Crippen molar-refractivity contribution < 1.29 is 0 Å². The Labute approximate surface area is 144 Å². The fourth-order valence-corrected chi connectivity index (χ4v) is 4.10. The van der Waals surface area contributed by atoms with E-state index in [-0.39, 0.29) is 4.87 Å². The quantitative estimate of drug-likeness (QED) is 0.847. The lowest BCUT2D eigenvalue weighted by atomic mass is 9.98. The summed E-state index contributed by atoms with van der Waals surface area (Å²) in [6.45, 7) is 7.66. The van der Waals surface area contributed by atoms with Gasteiger partial charge in [0.1, 0.15) is 4.99 Å². The Hall–Kier alpha value is -1.73. The van der Waals surface area contributed by atoms with Gasteiger partial charge in [-0.3, -0.25) is 9.48 Å². The highest BCUT2D eigenvalue weighted by Gasteiger charge is 2.15. The molecular weight excluding hydrogens is 328 g/mol. The molecule has 0 atom stereocenters. The van der Waals surface area contributed by atoms with E-state index in [1.54, 1.807) is 4.68 Å². The van der Waals surface area contributed by atoms with E-state index in [0.717, 1.165) is 58.7 Å². The monoisotopic (exact) mass is 348 g/mol. The lowest BCUT2D eigenvalue weighted by Crippen LogP contribution is -2.31. The molecule has 0 saturated heterocycles. The molecule has 2 N–H and O–H groups in total. The van der Waals surface area contributed by atoms with Gasteiger partial charge in [-0.2, -0.15) is 0 Å². The van der Waals surface area contributed by atoms with Crippen LogP contribution in [0.5, 0.6) is 0 Å². The van der Waals surface area contributed by atoms with E-state index in [1.807, 2.05) is 31.5 Å². The number of hydrogen-bond donors (Lipinski definition) is 1. The smallest absolute Gasteiger partial charge is 0.325 e. The van der Waals surface area contributed by atoms with Crippen molar-refractivity contribution in [2.75, 3.05) is 0 Å². The Balaban J connectivity index is 2.23. The summed E-state index contributed by atoms with van der Waals surface area (Å²) in [4.78, 5) is 18.2. The predicted molar refractivity (Wildman–Crippen MR) is 97.6 cm³/mol. The second-order valence-electron chi connectivity index (χ2n) is 5.92. The molecule has 0 unspecified atom stereocenters. The van der Waals surface area contributed by atoms with Crippen molar-refractivity contribution in [1.29, 1.82) is 0 Å². The zero-order valence-corrected chi connectivity index (χ0v) is 15.2. The van der Waals surface area contributed by atoms with Crippen LogP contribution >= 0.6 is 23.6 Å². The van der Waals surface area contributed by atoms with Crippen molar-refractivity contribution in [2.24, 2.45) is 10.7 Å². The second-order valence-corrected chi connectivity index (χ2v) is 7.28. The summed E-state index contributed by atoms with van der Waals surface area (Å²) in [5, 5.41) is 0. The van der Waals surface area contributed by atoms with Crippen molar-refractivity contribution in [1.82, 2.24) is 9.36 Å². The fraction of sp³-hybridized carbons (Fsp3) is 0.438. The van der Waals surface area contributed by atoms with Crippen LogP contribution in [-0.4, -0.2) is 14.4 Å². The van der Waals surface area contributed by atoms with Gasteiger partial charge in [0, 0.05) is 18.7 Å². The lowest BCUT2D eigenvalue weighted by molar-refractivity contribution is 0.345. The summed E-state index contributed by atoms with van der Waals surface area (Å²) in [6.07, 6.45) is 2.14. The van der Waals surface area contributed by atoms with E-state index < -0.39 is 0 Å². The van der Waals surface area contributed by atoms with E-state index >= 15 is 0 Å². The van der Waals surface area contributed by atoms with Crippen molar-refractivity contribution in [3.05, 3.63) is 42.8 Å². The molecule has 0 radical (unpaired) electrons. The van der Waals surface area contributed by atoms with Gasteiger partial charge < -0.3 is 5.73 Å². The van der Waals surface area contributed by atoms with Crippen LogP contribution in [0.1, 0.15) is 35.1 Å². The Bertz CT molecular complexity index is 917. The number of nitrogens with two attached hydrogens (primary N) is 1. The number of hydrogen-bond acceptors (Lipinski definition) is 4. The summed E-state index contributed by atoms with van der Waals surface area (Å²) >= 11 is 6.34. The van der Waals surface area contributed by atoms with Gasteiger partial charge in [0.25, 0.3) is 0 Å². The number of aryl methyl sites for hydroxylation is 1. The summed E-state index contributed by atoms with van der Waals surface area (Å²) < 4.78 is 3.81. The van der Waals surface area contributed by atoms with Crippen LogP contribution in [0, 0.1) is 20.8 Å². The SMILES string of the molecule is Cc1cc(C(N)=S)c(C)c(C)c1N=c1sc(=O)n2n1CCCC2. The third kappa shape index (κ3) is 2.79. The average molecular weight is 348 g/mol. The molecule has 2 heterocycles. The molecule has 0 saturated carbocycles. The van der Waals surface area contributed by atoms with Gasteiger partial charge >= 0.3 is 4.87 Å². The number of benzene rings is 1. The minimum atomic E-state index is 0.0650. The first-order valence-corrected chi connectivity index (χ1v) is 8.88. The third-order valence-corrected chi connectivity index (χ3v) is 5.51. The van der Waals surface area contributed by atoms with E-state index in [4.69, 9.17) is 22.9 Å². The first-order chi connectivity index (χ1) is 10.9. The van der Waals surface area contributed by atoms with Crippen LogP contribution in [0.25, 0.3) is 0 Å². The molecule has 0 bridgehead atoms. The highest BCUT2D eigenvalue weighted by atomic mass is 32.1. The van der Waals surface area contributed by atoms with Gasteiger partial charge in [0.15, 0.2) is 0 Å². The lowest BCUT2D eigenvalue weighted by Gasteiger charge is -2.16. The molecule has 5 nitrogen and oxygen atoms in total. The van der Waals surface area contributed by atoms with Crippen molar-refractivity contribution in [2.45, 2.75) is 46.7 Å². The van der Waals surface area contributed by atoms with Gasteiger partial charge in [0.2, 0.25) is 4.80 Å². The molecular formula is C16H20N4OS2. The maximum Gasteiger partial charge on any atom is 0.325 e. The van der Waals surface area contributed by atoms with Crippen molar-refractivity contribution >= 4 is 34.2 Å². The second kappa shape index (κ2) is 6.05. The first-order valence-electron chi connectivity index (χ1n) is 7.66. The van der Waals surface area contributed by atoms with Crippen LogP contribution in [0.3, 0.4) is 0 Å². The standard InChI is InChI=1S/C16H20N4OS2/c1-9-8-12(14(17)22)10(2)11(3)13(9)18-15-19-6-4-5-7-20(19)16(21)23-15/h8H,4-7H2,1-3H3,(H2,17,22). The van der Waals surface area contributed by atoms with E-state index in [0.29, 0.717) is 4.99 Å². The molecule has 0 amide bonds. The van der Waals surface area contributed by atoms with E-state index in [9.17, 15) is 4.79 Å². The summed E-state index contributed by atoms with van der Waals surface area (Å²) in [5.74, 6) is 0. The molecule has 122 valence electrons. The van der Waals surface area contributed by atoms with E-state index in [2.05, 4.69) is 0 Å². The van der Waals surface area contributed by atoms with Gasteiger partial charge in [0.05, 0.1) is 5.69 Å². The summed E-state index contributed by atoms with van der Waals surface area (Å²) in [6, 6.07) is 1.99. The summed E-state index contributed by atoms with van der Waals surface area (Å²) in [7, 11) is 0. The summed E-state index contributed by atoms with van der Waals surface area (Å²) in [5.41, 5.74) is 10.7. The third-order valence-electron chi connectivity index (χ3n) is 4.42. The van der Waals surface area contributed by atoms with Crippen LogP contribution in [0.2, 0.25) is 0 Å². The number of nitrogens with zero attached hydrogens (tertiary/aromatic N) is 3. The Morgan fingerprint density at radius 3 is 2.52 bits per heavy atom. The minimum absolute atomic E-state index is 0.0650. The molecule has 1 aromatic carbocycles. The fourth-order valence-electron chi connectivity index (χ4n) is 3.01. The molecule has 0 fully saturated rings. The largest absolute Gasteiger partial charge is 0.389 e. The molecule has 0 aliphatic carbocycles. The number of rotatable bonds is 2. The van der Waals surface area contributed by atoms with Crippen LogP contribution in [0.15, 0.2) is 15.9 Å². The molecule has 0 spiro atoms. The highest BCUT2D eigenvalue weighted by Crippen LogP contribution is 2.28. The number of fused-ring (bicyclic) bond motifs is 1. The topological polar surface area (TPSA) is 65.3 Å². The molecule has 1 aliphatic rings. The Morgan fingerprint density at radius 2 is 1.87 bits per heavy atom. The Morgan fingerprint density at radius 1 is 1.22 bits per heavy atom. The minimum Gasteiger partial charge on any atom is -0.389 e.